The molecule has 7 unspecified atom stereocenters. The third-order valence-corrected chi connectivity index (χ3v) is 8.81. The van der Waals surface area contributed by atoms with E-state index in [-0.39, 0.29) is 6.42 Å². The zero-order valence-corrected chi connectivity index (χ0v) is 14.9. The van der Waals surface area contributed by atoms with Crippen LogP contribution >= 0.6 is 31.9 Å². The highest BCUT2D eigenvalue weighted by Crippen LogP contribution is 2.69. The normalized spacial score (nSPS) is 45.4. The van der Waals surface area contributed by atoms with Crippen molar-refractivity contribution in [3.63, 3.8) is 0 Å². The summed E-state index contributed by atoms with van der Waals surface area (Å²) in [7, 11) is 0. The maximum Gasteiger partial charge on any atom is 0.322 e. The van der Waals surface area contributed by atoms with Gasteiger partial charge in [-0.25, -0.2) is 0 Å². The first kappa shape index (κ1) is 18.2. The molecule has 0 saturated heterocycles. The Balaban J connectivity index is 2.56. The molecule has 0 aromatic heterocycles. The highest BCUT2D eigenvalue weighted by atomic mass is 79.9. The molecule has 8 nitrogen and oxygen atoms in total. The predicted molar refractivity (Wildman–Crippen MR) is 81.6 cm³/mol. The van der Waals surface area contributed by atoms with E-state index in [1.54, 1.807) is 0 Å². The zero-order valence-electron chi connectivity index (χ0n) is 11.8. The van der Waals surface area contributed by atoms with Gasteiger partial charge in [-0.2, -0.15) is 0 Å². The van der Waals surface area contributed by atoms with Crippen LogP contribution in [-0.2, 0) is 19.2 Å². The minimum absolute atomic E-state index is 0.223. The number of rotatable bonds is 4. The van der Waals surface area contributed by atoms with E-state index >= 15 is 0 Å². The van der Waals surface area contributed by atoms with Crippen molar-refractivity contribution < 1.29 is 39.6 Å². The van der Waals surface area contributed by atoms with Crippen molar-refractivity contribution in [2.75, 3.05) is 0 Å². The Bertz CT molecular complexity index is 607. The van der Waals surface area contributed by atoms with Crippen LogP contribution in [0.3, 0.4) is 0 Å². The van der Waals surface area contributed by atoms with Gasteiger partial charge in [0.05, 0.1) is 11.8 Å². The fraction of sp³-hybridized carbons (Fsp3) is 0.692. The summed E-state index contributed by atoms with van der Waals surface area (Å²) in [6.45, 7) is 1.46. The summed E-state index contributed by atoms with van der Waals surface area (Å²) in [5, 5.41) is 37.7. The Kier molecular flexibility index (Phi) is 4.30. The van der Waals surface area contributed by atoms with Crippen molar-refractivity contribution >= 4 is 55.7 Å². The highest BCUT2D eigenvalue weighted by molar-refractivity contribution is 9.13. The van der Waals surface area contributed by atoms with Crippen LogP contribution in [0.15, 0.2) is 0 Å². The summed E-state index contributed by atoms with van der Waals surface area (Å²) in [6, 6.07) is 0. The predicted octanol–water partition coefficient (Wildman–Crippen LogP) is 1.11. The van der Waals surface area contributed by atoms with Crippen molar-refractivity contribution in [3.8, 4) is 0 Å². The molecule has 10 heteroatoms. The molecule has 0 radical (unpaired) electrons. The molecule has 2 rings (SSSR count). The molecular weight excluding hydrogens is 444 g/mol. The van der Waals surface area contributed by atoms with Crippen molar-refractivity contribution in [1.82, 2.24) is 0 Å². The Hall–Kier alpha value is -1.16. The Labute approximate surface area is 147 Å². The van der Waals surface area contributed by atoms with E-state index in [9.17, 15) is 39.6 Å². The molecule has 0 aromatic rings. The summed E-state index contributed by atoms with van der Waals surface area (Å²) in [5.74, 6) is -10.5. The number of hydrogen-bond donors (Lipinski definition) is 4. The lowest BCUT2D eigenvalue weighted by molar-refractivity contribution is -0.183. The number of carboxylic acids is 4. The van der Waals surface area contributed by atoms with E-state index in [2.05, 4.69) is 31.9 Å². The third kappa shape index (κ3) is 2.07. The number of aliphatic carboxylic acids is 4. The molecule has 7 atom stereocenters. The van der Waals surface area contributed by atoms with E-state index in [1.165, 1.54) is 6.92 Å². The molecule has 0 spiro atoms. The fourth-order valence-corrected chi connectivity index (χ4v) is 6.36. The molecule has 23 heavy (non-hydrogen) atoms. The summed E-state index contributed by atoms with van der Waals surface area (Å²) in [5.41, 5.74) is 0. The minimum atomic E-state index is -1.91. The number of fused-ring (bicyclic) bond motifs is 1. The second-order valence-electron chi connectivity index (χ2n) is 6.07. The number of carbonyl (C=O) groups is 4. The van der Waals surface area contributed by atoms with Crippen LogP contribution in [0.25, 0.3) is 0 Å². The second kappa shape index (κ2) is 5.44. The summed E-state index contributed by atoms with van der Waals surface area (Å²) >= 11 is 5.99. The average Bonchev–Trinajstić information content (AvgIpc) is 2.43. The Morgan fingerprint density at radius 2 is 1.39 bits per heavy atom. The van der Waals surface area contributed by atoms with Crippen LogP contribution in [0.4, 0.5) is 0 Å². The molecule has 0 heterocycles. The molecule has 0 bridgehead atoms. The first-order valence-corrected chi connectivity index (χ1v) is 8.31. The molecule has 2 aliphatic carbocycles. The molecular formula is C13H14Br2O8. The number of hydrogen-bond acceptors (Lipinski definition) is 4. The van der Waals surface area contributed by atoms with Crippen LogP contribution in [0.2, 0.25) is 0 Å². The van der Waals surface area contributed by atoms with E-state index in [0.717, 1.165) is 0 Å². The van der Waals surface area contributed by atoms with Gasteiger partial charge in [-0.1, -0.05) is 38.8 Å². The van der Waals surface area contributed by atoms with Crippen molar-refractivity contribution in [2.45, 2.75) is 22.0 Å². The summed E-state index contributed by atoms with van der Waals surface area (Å²) in [4.78, 5) is 46.3. The van der Waals surface area contributed by atoms with Gasteiger partial charge in [0, 0.05) is 0 Å². The standard InChI is InChI=1S/C13H14Br2O8/c1-3-6(9(18)19)4(8(16)17)2-5-7(3)13(15,11(22)23)12(5,14)10(20)21/h3-7H,2H2,1H3,(H,16,17)(H,18,19)(H,20,21)(H,22,23). The molecule has 2 saturated carbocycles. The van der Waals surface area contributed by atoms with Crippen LogP contribution in [0.5, 0.6) is 0 Å². The van der Waals surface area contributed by atoms with Crippen LogP contribution in [0, 0.1) is 29.6 Å². The maximum atomic E-state index is 11.7. The monoisotopic (exact) mass is 456 g/mol. The number of alkyl halides is 2. The molecule has 2 fully saturated rings. The maximum absolute atomic E-state index is 11.7. The van der Waals surface area contributed by atoms with E-state index < -0.39 is 62.1 Å². The van der Waals surface area contributed by atoms with Crippen LogP contribution in [0.1, 0.15) is 13.3 Å². The molecule has 4 N–H and O–H groups in total. The van der Waals surface area contributed by atoms with Gasteiger partial charge in [-0.15, -0.1) is 0 Å². The van der Waals surface area contributed by atoms with Gasteiger partial charge in [0.15, 0.2) is 8.65 Å². The molecule has 0 aromatic carbocycles. The Morgan fingerprint density at radius 3 is 1.74 bits per heavy atom. The highest BCUT2D eigenvalue weighted by Gasteiger charge is 2.81. The summed E-state index contributed by atoms with van der Waals surface area (Å²) in [6.07, 6.45) is -0.223. The average molecular weight is 458 g/mol. The topological polar surface area (TPSA) is 149 Å². The lowest BCUT2D eigenvalue weighted by Crippen LogP contribution is -2.79. The molecule has 2 aliphatic rings. The van der Waals surface area contributed by atoms with Crippen molar-refractivity contribution in [3.05, 3.63) is 0 Å². The number of halogens is 2. The smallest absolute Gasteiger partial charge is 0.322 e. The Morgan fingerprint density at radius 1 is 0.913 bits per heavy atom. The van der Waals surface area contributed by atoms with Crippen LogP contribution < -0.4 is 0 Å². The van der Waals surface area contributed by atoms with Crippen molar-refractivity contribution in [2.24, 2.45) is 29.6 Å². The quantitative estimate of drug-likeness (QED) is 0.458. The second-order valence-corrected chi connectivity index (χ2v) is 8.57. The van der Waals surface area contributed by atoms with Gasteiger partial charge >= 0.3 is 23.9 Å². The van der Waals surface area contributed by atoms with E-state index in [4.69, 9.17) is 0 Å². The van der Waals surface area contributed by atoms with E-state index in [0.29, 0.717) is 0 Å². The lowest BCUT2D eigenvalue weighted by Gasteiger charge is -2.65. The van der Waals surface area contributed by atoms with Gasteiger partial charge in [-0.05, 0) is 24.2 Å². The van der Waals surface area contributed by atoms with E-state index in [1.807, 2.05) is 0 Å². The zero-order chi connectivity index (χ0) is 17.9. The lowest BCUT2D eigenvalue weighted by atomic mass is 9.45. The molecule has 0 aliphatic heterocycles. The van der Waals surface area contributed by atoms with Gasteiger partial charge in [0.25, 0.3) is 0 Å². The first-order valence-electron chi connectivity index (χ1n) is 6.72. The molecule has 0 amide bonds. The fourth-order valence-electron chi connectivity index (χ4n) is 4.25. The minimum Gasteiger partial charge on any atom is -0.481 e. The van der Waals surface area contributed by atoms with Gasteiger partial charge in [-0.3, -0.25) is 19.2 Å². The first-order chi connectivity index (χ1) is 10.4. The third-order valence-electron chi connectivity index (χ3n) is 5.23. The van der Waals surface area contributed by atoms with Gasteiger partial charge < -0.3 is 20.4 Å². The van der Waals surface area contributed by atoms with Gasteiger partial charge in [0.2, 0.25) is 0 Å². The largest absolute Gasteiger partial charge is 0.481 e. The number of carboxylic acid groups (broad SMARTS) is 4. The molecule has 128 valence electrons. The SMILES string of the molecule is CC1C(C(=O)O)C(C(=O)O)CC2C1C(Br)(C(=O)O)C2(Br)C(=O)O. The van der Waals surface area contributed by atoms with Crippen LogP contribution in [-0.4, -0.2) is 53.0 Å². The summed E-state index contributed by atoms with van der Waals surface area (Å²) < 4.78 is -3.81. The van der Waals surface area contributed by atoms with Gasteiger partial charge in [0.1, 0.15) is 0 Å². The van der Waals surface area contributed by atoms with Crippen molar-refractivity contribution in [1.29, 1.82) is 0 Å².